The molecule has 1 aliphatic rings. The lowest BCUT2D eigenvalue weighted by atomic mass is 10.1. The zero-order valence-corrected chi connectivity index (χ0v) is 13.0. The Morgan fingerprint density at radius 3 is 2.36 bits per heavy atom. The van der Waals surface area contributed by atoms with Crippen LogP contribution in [0.25, 0.3) is 0 Å². The smallest absolute Gasteiger partial charge is 0.224 e. The molecular weight excluding hydrogens is 280 g/mol. The Bertz CT molecular complexity index is 490. The summed E-state index contributed by atoms with van der Waals surface area (Å²) in [6.07, 6.45) is 2.52. The number of benzene rings is 1. The van der Waals surface area contributed by atoms with Crippen molar-refractivity contribution in [3.63, 3.8) is 0 Å². The number of methoxy groups -OCH3 is 1. The quantitative estimate of drug-likeness (QED) is 0.672. The maximum absolute atomic E-state index is 11.9. The van der Waals surface area contributed by atoms with Crippen LogP contribution in [0.2, 0.25) is 0 Å². The van der Waals surface area contributed by atoms with Crippen LogP contribution in [0, 0.1) is 11.8 Å². The van der Waals surface area contributed by atoms with Crippen LogP contribution < -0.4 is 10.6 Å². The van der Waals surface area contributed by atoms with Crippen molar-refractivity contribution in [3.8, 4) is 0 Å². The highest BCUT2D eigenvalue weighted by Gasteiger charge is 2.47. The number of carbonyl (C=O) groups excluding carboxylic acids is 2. The molecule has 5 nitrogen and oxygen atoms in total. The summed E-state index contributed by atoms with van der Waals surface area (Å²) < 4.78 is 4.87. The van der Waals surface area contributed by atoms with Crippen LogP contribution >= 0.6 is 0 Å². The van der Waals surface area contributed by atoms with Crippen molar-refractivity contribution in [2.45, 2.75) is 19.3 Å². The lowest BCUT2D eigenvalue weighted by molar-refractivity contribution is -0.127. The maximum atomic E-state index is 11.9. The molecule has 1 aromatic carbocycles. The minimum absolute atomic E-state index is 0.0000433. The van der Waals surface area contributed by atoms with Gasteiger partial charge in [-0.1, -0.05) is 30.3 Å². The van der Waals surface area contributed by atoms with Crippen LogP contribution in [0.4, 0.5) is 0 Å². The Balaban J connectivity index is 1.58. The number of nitrogens with one attached hydrogen (secondary N) is 2. The van der Waals surface area contributed by atoms with E-state index in [9.17, 15) is 9.59 Å². The Kier molecular flexibility index (Phi) is 6.40. The fraction of sp³-hybridized carbons (Fsp3) is 0.529. The predicted molar refractivity (Wildman–Crippen MR) is 84.3 cm³/mol. The van der Waals surface area contributed by atoms with E-state index >= 15 is 0 Å². The average molecular weight is 304 g/mol. The molecule has 2 atom stereocenters. The zero-order valence-electron chi connectivity index (χ0n) is 13.0. The fourth-order valence-electron chi connectivity index (χ4n) is 2.46. The second-order valence-corrected chi connectivity index (χ2v) is 5.61. The predicted octanol–water partition coefficient (Wildman–Crippen LogP) is 1.13. The third kappa shape index (κ3) is 5.15. The van der Waals surface area contributed by atoms with E-state index in [0.29, 0.717) is 26.1 Å². The number of rotatable bonds is 9. The van der Waals surface area contributed by atoms with Crippen LogP contribution in [-0.4, -0.2) is 38.6 Å². The van der Waals surface area contributed by atoms with E-state index in [1.807, 2.05) is 18.2 Å². The third-order valence-corrected chi connectivity index (χ3v) is 3.85. The molecule has 1 aromatic rings. The summed E-state index contributed by atoms with van der Waals surface area (Å²) >= 11 is 0. The monoisotopic (exact) mass is 304 g/mol. The van der Waals surface area contributed by atoms with Gasteiger partial charge in [-0.05, 0) is 24.8 Å². The van der Waals surface area contributed by atoms with Crippen molar-refractivity contribution >= 4 is 11.8 Å². The highest BCUT2D eigenvalue weighted by molar-refractivity contribution is 5.92. The van der Waals surface area contributed by atoms with Crippen LogP contribution in [0.3, 0.4) is 0 Å². The number of hydrogen-bond acceptors (Lipinski definition) is 3. The first kappa shape index (κ1) is 16.5. The van der Waals surface area contributed by atoms with E-state index in [4.69, 9.17) is 4.74 Å². The molecular formula is C17H24N2O3. The molecule has 1 aliphatic carbocycles. The van der Waals surface area contributed by atoms with E-state index in [1.54, 1.807) is 7.11 Å². The topological polar surface area (TPSA) is 67.4 Å². The Labute approximate surface area is 131 Å². The van der Waals surface area contributed by atoms with Gasteiger partial charge in [-0.3, -0.25) is 9.59 Å². The molecule has 2 N–H and O–H groups in total. The summed E-state index contributed by atoms with van der Waals surface area (Å²) in [5, 5.41) is 5.70. The second kappa shape index (κ2) is 8.54. The molecule has 0 radical (unpaired) electrons. The minimum Gasteiger partial charge on any atom is -0.383 e. The fourth-order valence-corrected chi connectivity index (χ4v) is 2.46. The Morgan fingerprint density at radius 1 is 1.09 bits per heavy atom. The Morgan fingerprint density at radius 2 is 1.73 bits per heavy atom. The lowest BCUT2D eigenvalue weighted by Crippen LogP contribution is -2.32. The first-order valence-electron chi connectivity index (χ1n) is 7.80. The molecule has 0 spiro atoms. The molecule has 0 aromatic heterocycles. The van der Waals surface area contributed by atoms with Crippen LogP contribution in [0.15, 0.2) is 30.3 Å². The average Bonchev–Trinajstić information content (AvgIpc) is 3.33. The molecule has 0 bridgehead atoms. The van der Waals surface area contributed by atoms with Gasteiger partial charge in [0.2, 0.25) is 11.8 Å². The third-order valence-electron chi connectivity index (χ3n) is 3.85. The van der Waals surface area contributed by atoms with Crippen molar-refractivity contribution in [3.05, 3.63) is 35.9 Å². The molecule has 120 valence electrons. The van der Waals surface area contributed by atoms with Gasteiger partial charge in [0, 0.05) is 20.2 Å². The van der Waals surface area contributed by atoms with Crippen molar-refractivity contribution < 1.29 is 14.3 Å². The number of ether oxygens (including phenoxy) is 1. The van der Waals surface area contributed by atoms with Crippen LogP contribution in [0.5, 0.6) is 0 Å². The molecule has 0 saturated heterocycles. The summed E-state index contributed by atoms with van der Waals surface area (Å²) in [6.45, 7) is 1.65. The van der Waals surface area contributed by atoms with Crippen molar-refractivity contribution in [2.24, 2.45) is 11.8 Å². The van der Waals surface area contributed by atoms with Gasteiger partial charge in [-0.15, -0.1) is 0 Å². The summed E-state index contributed by atoms with van der Waals surface area (Å²) in [5.41, 5.74) is 1.28. The van der Waals surface area contributed by atoms with Gasteiger partial charge >= 0.3 is 0 Å². The van der Waals surface area contributed by atoms with E-state index in [-0.39, 0.29) is 23.7 Å². The second-order valence-electron chi connectivity index (χ2n) is 5.61. The van der Waals surface area contributed by atoms with E-state index < -0.39 is 0 Å². The molecule has 1 fully saturated rings. The SMILES string of the molecule is COCCNC(=O)C1CC1C(=O)NCCCc1ccccc1. The highest BCUT2D eigenvalue weighted by Crippen LogP contribution is 2.38. The summed E-state index contributed by atoms with van der Waals surface area (Å²) in [4.78, 5) is 23.7. The first-order chi connectivity index (χ1) is 10.7. The van der Waals surface area contributed by atoms with Gasteiger partial charge in [0.15, 0.2) is 0 Å². The molecule has 2 unspecified atom stereocenters. The maximum Gasteiger partial charge on any atom is 0.224 e. The largest absolute Gasteiger partial charge is 0.383 e. The van der Waals surface area contributed by atoms with Crippen LogP contribution in [-0.2, 0) is 20.7 Å². The zero-order chi connectivity index (χ0) is 15.8. The molecule has 5 heteroatoms. The van der Waals surface area contributed by atoms with E-state index in [0.717, 1.165) is 12.8 Å². The van der Waals surface area contributed by atoms with Gasteiger partial charge < -0.3 is 15.4 Å². The van der Waals surface area contributed by atoms with E-state index in [2.05, 4.69) is 22.8 Å². The molecule has 1 saturated carbocycles. The number of carbonyl (C=O) groups is 2. The first-order valence-corrected chi connectivity index (χ1v) is 7.80. The van der Waals surface area contributed by atoms with Gasteiger partial charge in [0.05, 0.1) is 18.4 Å². The molecule has 22 heavy (non-hydrogen) atoms. The van der Waals surface area contributed by atoms with Crippen molar-refractivity contribution in [1.82, 2.24) is 10.6 Å². The van der Waals surface area contributed by atoms with Crippen LogP contribution in [0.1, 0.15) is 18.4 Å². The highest BCUT2D eigenvalue weighted by atomic mass is 16.5. The normalized spacial score (nSPS) is 19.5. The summed E-state index contributed by atoms with van der Waals surface area (Å²) in [6, 6.07) is 10.2. The summed E-state index contributed by atoms with van der Waals surface area (Å²) in [7, 11) is 1.59. The molecule has 0 heterocycles. The molecule has 2 rings (SSSR count). The lowest BCUT2D eigenvalue weighted by Gasteiger charge is -2.06. The molecule has 0 aliphatic heterocycles. The summed E-state index contributed by atoms with van der Waals surface area (Å²) in [5.74, 6) is -0.355. The standard InChI is InChI=1S/C17H24N2O3/c1-22-11-10-19-17(21)15-12-14(15)16(20)18-9-5-8-13-6-3-2-4-7-13/h2-4,6-7,14-15H,5,8-12H2,1H3,(H,18,20)(H,19,21). The molecule has 2 amide bonds. The van der Waals surface area contributed by atoms with Crippen molar-refractivity contribution in [2.75, 3.05) is 26.8 Å². The number of amides is 2. The van der Waals surface area contributed by atoms with Gasteiger partial charge in [0.1, 0.15) is 0 Å². The number of aryl methyl sites for hydroxylation is 1. The van der Waals surface area contributed by atoms with E-state index in [1.165, 1.54) is 5.56 Å². The minimum atomic E-state index is -0.161. The number of hydrogen-bond donors (Lipinski definition) is 2. The Hall–Kier alpha value is -1.88. The van der Waals surface area contributed by atoms with Gasteiger partial charge in [-0.25, -0.2) is 0 Å². The van der Waals surface area contributed by atoms with Crippen molar-refractivity contribution in [1.29, 1.82) is 0 Å². The van der Waals surface area contributed by atoms with Gasteiger partial charge in [-0.2, -0.15) is 0 Å². The van der Waals surface area contributed by atoms with Gasteiger partial charge in [0.25, 0.3) is 0 Å².